The van der Waals surface area contributed by atoms with Crippen LogP contribution in [0.3, 0.4) is 0 Å². The molecule has 1 N–H and O–H groups in total. The van der Waals surface area contributed by atoms with Crippen molar-refractivity contribution in [3.8, 4) is 0 Å². The van der Waals surface area contributed by atoms with Gasteiger partial charge in [0.2, 0.25) is 0 Å². The van der Waals surface area contributed by atoms with Crippen molar-refractivity contribution in [2.24, 2.45) is 0 Å². The van der Waals surface area contributed by atoms with Crippen molar-refractivity contribution in [3.63, 3.8) is 0 Å². The Morgan fingerprint density at radius 1 is 0.536 bits per heavy atom. The Morgan fingerprint density at radius 3 is 1.11 bits per heavy atom. The fourth-order valence-corrected chi connectivity index (χ4v) is 3.58. The van der Waals surface area contributed by atoms with E-state index in [9.17, 15) is 9.59 Å². The molecule has 0 spiro atoms. The Bertz CT molecular complexity index is 355. The molecule has 166 valence electrons. The molecule has 0 saturated carbocycles. The third-order valence-corrected chi connectivity index (χ3v) is 5.41. The molecule has 0 aromatic rings. The minimum atomic E-state index is -1.51. The van der Waals surface area contributed by atoms with Crippen LogP contribution in [-0.2, 0) is 14.3 Å². The molecule has 0 aliphatic heterocycles. The first kappa shape index (κ1) is 26.9. The first-order valence-electron chi connectivity index (χ1n) is 12.1. The maximum atomic E-state index is 10.7. The number of carboxylic acid groups (broad SMARTS) is 1. The second-order valence-electron chi connectivity index (χ2n) is 8.16. The zero-order valence-electron chi connectivity index (χ0n) is 18.5. The van der Waals surface area contributed by atoms with Gasteiger partial charge in [0.15, 0.2) is 0 Å². The van der Waals surface area contributed by atoms with Gasteiger partial charge in [-0.05, 0) is 6.42 Å². The Balaban J connectivity index is 3.05. The van der Waals surface area contributed by atoms with Gasteiger partial charge in [-0.25, -0.2) is 9.59 Å². The second-order valence-corrected chi connectivity index (χ2v) is 8.16. The van der Waals surface area contributed by atoms with Gasteiger partial charge in [-0.3, -0.25) is 0 Å². The molecule has 0 saturated heterocycles. The Kier molecular flexibility index (Phi) is 21.4. The highest BCUT2D eigenvalue weighted by molar-refractivity contribution is 6.28. The van der Waals surface area contributed by atoms with Crippen LogP contribution in [0.2, 0.25) is 0 Å². The summed E-state index contributed by atoms with van der Waals surface area (Å²) in [5.74, 6) is -2.65. The molecule has 0 heterocycles. The van der Waals surface area contributed by atoms with E-state index in [4.69, 9.17) is 5.11 Å². The van der Waals surface area contributed by atoms with Crippen molar-refractivity contribution in [2.45, 2.75) is 135 Å². The van der Waals surface area contributed by atoms with E-state index < -0.39 is 11.9 Å². The van der Waals surface area contributed by atoms with Crippen LogP contribution in [0.5, 0.6) is 0 Å². The van der Waals surface area contributed by atoms with Gasteiger partial charge in [0.05, 0.1) is 6.61 Å². The van der Waals surface area contributed by atoms with Gasteiger partial charge in [-0.2, -0.15) is 0 Å². The molecule has 0 unspecified atom stereocenters. The smallest absolute Gasteiger partial charge is 0.417 e. The standard InChI is InChI=1S/C24H46O4/c1-2-3-4-5-6-7-8-9-10-11-12-13-14-15-16-17-18-19-20-21-22-28-24(27)23(25)26/h2-22H2,1H3,(H,25,26). The van der Waals surface area contributed by atoms with Gasteiger partial charge in [0.25, 0.3) is 0 Å². The van der Waals surface area contributed by atoms with E-state index in [0.29, 0.717) is 0 Å². The van der Waals surface area contributed by atoms with Crippen molar-refractivity contribution in [2.75, 3.05) is 6.61 Å². The molecular formula is C24H46O4. The summed E-state index contributed by atoms with van der Waals surface area (Å²) in [6.07, 6.45) is 26.5. The summed E-state index contributed by atoms with van der Waals surface area (Å²) < 4.78 is 4.60. The summed E-state index contributed by atoms with van der Waals surface area (Å²) in [4.78, 5) is 21.0. The van der Waals surface area contributed by atoms with Crippen molar-refractivity contribution >= 4 is 11.9 Å². The number of aliphatic carboxylic acids is 1. The van der Waals surface area contributed by atoms with Gasteiger partial charge >= 0.3 is 11.9 Å². The molecule has 0 aliphatic rings. The summed E-state index contributed by atoms with van der Waals surface area (Å²) in [7, 11) is 0. The minimum absolute atomic E-state index is 0.226. The number of hydrogen-bond acceptors (Lipinski definition) is 3. The maximum Gasteiger partial charge on any atom is 0.417 e. The third kappa shape index (κ3) is 21.2. The monoisotopic (exact) mass is 398 g/mol. The highest BCUT2D eigenvalue weighted by atomic mass is 16.6. The number of esters is 1. The van der Waals surface area contributed by atoms with Crippen LogP contribution in [0.25, 0.3) is 0 Å². The quantitative estimate of drug-likeness (QED) is 0.124. The fraction of sp³-hybridized carbons (Fsp3) is 0.917. The molecule has 0 fully saturated rings. The van der Waals surface area contributed by atoms with E-state index in [1.807, 2.05) is 0 Å². The summed E-state index contributed by atoms with van der Waals surface area (Å²) in [5, 5.41) is 8.37. The predicted molar refractivity (Wildman–Crippen MR) is 117 cm³/mol. The van der Waals surface area contributed by atoms with Crippen molar-refractivity contribution < 1.29 is 19.4 Å². The van der Waals surface area contributed by atoms with Crippen LogP contribution in [0, 0.1) is 0 Å². The fourth-order valence-electron chi connectivity index (χ4n) is 3.58. The summed E-state index contributed by atoms with van der Waals surface area (Å²) in [6.45, 7) is 2.50. The average molecular weight is 399 g/mol. The summed E-state index contributed by atoms with van der Waals surface area (Å²) in [6, 6.07) is 0. The molecule has 0 aliphatic carbocycles. The van der Waals surface area contributed by atoms with Crippen LogP contribution < -0.4 is 0 Å². The minimum Gasteiger partial charge on any atom is -0.473 e. The lowest BCUT2D eigenvalue weighted by Gasteiger charge is -2.04. The molecule has 0 rings (SSSR count). The van der Waals surface area contributed by atoms with Crippen molar-refractivity contribution in [1.29, 1.82) is 0 Å². The van der Waals surface area contributed by atoms with Crippen molar-refractivity contribution in [3.05, 3.63) is 0 Å². The summed E-state index contributed by atoms with van der Waals surface area (Å²) in [5.41, 5.74) is 0. The third-order valence-electron chi connectivity index (χ3n) is 5.41. The molecule has 4 nitrogen and oxygen atoms in total. The molecule has 0 amide bonds. The molecule has 28 heavy (non-hydrogen) atoms. The number of rotatable bonds is 21. The first-order chi connectivity index (χ1) is 13.7. The number of carbonyl (C=O) groups excluding carboxylic acids is 1. The zero-order valence-corrected chi connectivity index (χ0v) is 18.5. The molecular weight excluding hydrogens is 352 g/mol. The molecule has 4 heteroatoms. The maximum absolute atomic E-state index is 10.7. The molecule has 0 aromatic carbocycles. The Morgan fingerprint density at radius 2 is 0.821 bits per heavy atom. The summed E-state index contributed by atoms with van der Waals surface area (Å²) >= 11 is 0. The van der Waals surface area contributed by atoms with E-state index in [-0.39, 0.29) is 6.61 Å². The number of hydrogen-bond donors (Lipinski definition) is 1. The largest absolute Gasteiger partial charge is 0.473 e. The van der Waals surface area contributed by atoms with Crippen LogP contribution in [0.4, 0.5) is 0 Å². The predicted octanol–water partition coefficient (Wildman–Crippen LogP) is 7.44. The number of carboxylic acids is 1. The highest BCUT2D eigenvalue weighted by Gasteiger charge is 2.11. The van der Waals surface area contributed by atoms with E-state index in [1.54, 1.807) is 0 Å². The zero-order chi connectivity index (χ0) is 20.7. The SMILES string of the molecule is CCCCCCCCCCCCCCCCCCCCCCOC(=O)C(=O)O. The van der Waals surface area contributed by atoms with Crippen LogP contribution in [0.15, 0.2) is 0 Å². The van der Waals surface area contributed by atoms with E-state index in [2.05, 4.69) is 11.7 Å². The first-order valence-corrected chi connectivity index (χ1v) is 12.1. The normalized spacial score (nSPS) is 10.9. The highest BCUT2D eigenvalue weighted by Crippen LogP contribution is 2.14. The lowest BCUT2D eigenvalue weighted by Crippen LogP contribution is -2.16. The molecule has 0 aromatic heterocycles. The van der Waals surface area contributed by atoms with Crippen LogP contribution in [0.1, 0.15) is 135 Å². The average Bonchev–Trinajstić information content (AvgIpc) is 2.68. The molecule has 0 bridgehead atoms. The van der Waals surface area contributed by atoms with Gasteiger partial charge in [0.1, 0.15) is 0 Å². The van der Waals surface area contributed by atoms with E-state index in [1.165, 1.54) is 109 Å². The van der Waals surface area contributed by atoms with Crippen LogP contribution in [-0.4, -0.2) is 23.7 Å². The number of unbranched alkanes of at least 4 members (excludes halogenated alkanes) is 19. The van der Waals surface area contributed by atoms with Gasteiger partial charge in [0, 0.05) is 0 Å². The van der Waals surface area contributed by atoms with E-state index in [0.717, 1.165) is 19.3 Å². The van der Waals surface area contributed by atoms with E-state index >= 15 is 0 Å². The second kappa shape index (κ2) is 22.2. The van der Waals surface area contributed by atoms with Crippen LogP contribution >= 0.6 is 0 Å². The molecule has 0 radical (unpaired) electrons. The Labute approximate surface area is 173 Å². The Hall–Kier alpha value is -1.06. The lowest BCUT2D eigenvalue weighted by molar-refractivity contribution is -0.163. The van der Waals surface area contributed by atoms with Gasteiger partial charge in [-0.1, -0.05) is 129 Å². The lowest BCUT2D eigenvalue weighted by atomic mass is 10.0. The number of ether oxygens (including phenoxy) is 1. The van der Waals surface area contributed by atoms with Crippen molar-refractivity contribution in [1.82, 2.24) is 0 Å². The van der Waals surface area contributed by atoms with Gasteiger partial charge in [-0.15, -0.1) is 0 Å². The molecule has 0 atom stereocenters. The van der Waals surface area contributed by atoms with Gasteiger partial charge < -0.3 is 9.84 Å². The topological polar surface area (TPSA) is 63.6 Å². The number of carbonyl (C=O) groups is 2.